The SMILES string of the molecule is C[NH+](C)Cc1cn([C@H]2CO[C@H]3[C@@H]2OC[C@H]3OC(=O)Nc2cccc(C#N)c2)nn1. The summed E-state index contributed by atoms with van der Waals surface area (Å²) in [5, 5.41) is 20.0. The molecular formula is C19H23N6O4+. The summed E-state index contributed by atoms with van der Waals surface area (Å²) in [5.41, 5.74) is 1.85. The summed E-state index contributed by atoms with van der Waals surface area (Å²) in [5.74, 6) is 0. The number of carbonyl (C=O) groups is 1. The Kier molecular flexibility index (Phi) is 5.44. The van der Waals surface area contributed by atoms with Crippen molar-refractivity contribution in [3.8, 4) is 6.07 Å². The summed E-state index contributed by atoms with van der Waals surface area (Å²) in [6.07, 6.45) is 0.173. The lowest BCUT2D eigenvalue weighted by Gasteiger charge is -2.17. The maximum atomic E-state index is 12.3. The van der Waals surface area contributed by atoms with E-state index in [1.807, 2.05) is 12.3 Å². The Hall–Kier alpha value is -3.00. The number of ether oxygens (including phenoxy) is 3. The highest BCUT2D eigenvalue weighted by molar-refractivity contribution is 5.85. The summed E-state index contributed by atoms with van der Waals surface area (Å²) >= 11 is 0. The van der Waals surface area contributed by atoms with Gasteiger partial charge < -0.3 is 19.1 Å². The zero-order valence-corrected chi connectivity index (χ0v) is 16.2. The molecule has 4 rings (SSSR count). The molecule has 10 heteroatoms. The van der Waals surface area contributed by atoms with Gasteiger partial charge in [-0.3, -0.25) is 5.32 Å². The maximum Gasteiger partial charge on any atom is 0.412 e. The molecule has 4 atom stereocenters. The molecule has 2 fully saturated rings. The normalized spacial score (nSPS) is 25.6. The fourth-order valence-electron chi connectivity index (χ4n) is 3.64. The molecule has 2 aromatic rings. The number of aromatic nitrogens is 3. The number of fused-ring (bicyclic) bond motifs is 1. The van der Waals surface area contributed by atoms with Crippen molar-refractivity contribution in [2.24, 2.45) is 0 Å². The fourth-order valence-corrected chi connectivity index (χ4v) is 3.64. The van der Waals surface area contributed by atoms with E-state index >= 15 is 0 Å². The van der Waals surface area contributed by atoms with Gasteiger partial charge in [0.05, 0.1) is 45.1 Å². The van der Waals surface area contributed by atoms with Crippen LogP contribution >= 0.6 is 0 Å². The van der Waals surface area contributed by atoms with Gasteiger partial charge in [-0.25, -0.2) is 9.48 Å². The van der Waals surface area contributed by atoms with Gasteiger partial charge >= 0.3 is 6.09 Å². The highest BCUT2D eigenvalue weighted by atomic mass is 16.6. The third kappa shape index (κ3) is 4.22. The van der Waals surface area contributed by atoms with Crippen molar-refractivity contribution >= 4 is 11.8 Å². The first kappa shape index (κ1) is 19.3. The van der Waals surface area contributed by atoms with Crippen LogP contribution in [0.15, 0.2) is 30.5 Å². The van der Waals surface area contributed by atoms with E-state index in [2.05, 4.69) is 29.7 Å². The molecule has 3 heterocycles. The summed E-state index contributed by atoms with van der Waals surface area (Å²) in [7, 11) is 4.11. The molecule has 2 aliphatic rings. The van der Waals surface area contributed by atoms with Crippen molar-refractivity contribution in [1.29, 1.82) is 5.26 Å². The smallest absolute Gasteiger partial charge is 0.412 e. The molecule has 0 radical (unpaired) electrons. The molecule has 0 spiro atoms. The molecule has 0 bridgehead atoms. The van der Waals surface area contributed by atoms with E-state index in [-0.39, 0.29) is 24.9 Å². The molecule has 1 amide bonds. The number of anilines is 1. The number of benzene rings is 1. The average molecular weight is 399 g/mol. The molecule has 0 aliphatic carbocycles. The first-order valence-electron chi connectivity index (χ1n) is 9.44. The van der Waals surface area contributed by atoms with Crippen molar-refractivity contribution in [3.05, 3.63) is 41.7 Å². The van der Waals surface area contributed by atoms with Gasteiger partial charge in [0.1, 0.15) is 30.5 Å². The molecule has 0 saturated carbocycles. The highest BCUT2D eigenvalue weighted by Crippen LogP contribution is 2.35. The number of hydrogen-bond acceptors (Lipinski definition) is 7. The summed E-state index contributed by atoms with van der Waals surface area (Å²) in [6, 6.07) is 8.54. The Bertz CT molecular complexity index is 923. The van der Waals surface area contributed by atoms with Crippen LogP contribution in [0.2, 0.25) is 0 Å². The van der Waals surface area contributed by atoms with E-state index in [4.69, 9.17) is 19.5 Å². The second-order valence-electron chi connectivity index (χ2n) is 7.50. The molecule has 0 unspecified atom stereocenters. The van der Waals surface area contributed by atoms with Gasteiger partial charge in [-0.1, -0.05) is 11.3 Å². The second-order valence-corrected chi connectivity index (χ2v) is 7.50. The standard InChI is InChI=1S/C19H22N6O4/c1-24(2)8-14-9-25(23-22-14)15-10-27-18-16(11-28-17(15)18)29-19(26)21-13-5-3-4-12(6-13)7-20/h3-6,9,15-18H,8,10-11H2,1-2H3,(H,21,26)/p+1/t15-,16+,17+,18+/m0/s1. The minimum absolute atomic E-state index is 0.109. The lowest BCUT2D eigenvalue weighted by atomic mass is 10.1. The monoisotopic (exact) mass is 399 g/mol. The zero-order valence-electron chi connectivity index (χ0n) is 16.2. The topological polar surface area (TPSA) is 116 Å². The third-order valence-corrected chi connectivity index (χ3v) is 4.91. The molecule has 10 nitrogen and oxygen atoms in total. The molecular weight excluding hydrogens is 376 g/mol. The van der Waals surface area contributed by atoms with Crippen molar-refractivity contribution < 1.29 is 23.9 Å². The van der Waals surface area contributed by atoms with Gasteiger partial charge in [0.2, 0.25) is 0 Å². The maximum absolute atomic E-state index is 12.3. The third-order valence-electron chi connectivity index (χ3n) is 4.91. The molecule has 2 saturated heterocycles. The van der Waals surface area contributed by atoms with Crippen LogP contribution in [0.5, 0.6) is 0 Å². The Morgan fingerprint density at radius 1 is 1.38 bits per heavy atom. The lowest BCUT2D eigenvalue weighted by Crippen LogP contribution is -3.04. The summed E-state index contributed by atoms with van der Waals surface area (Å²) in [4.78, 5) is 13.5. The molecule has 1 aromatic carbocycles. The molecule has 2 aliphatic heterocycles. The van der Waals surface area contributed by atoms with Gasteiger partial charge in [-0.15, -0.1) is 5.10 Å². The van der Waals surface area contributed by atoms with E-state index < -0.39 is 12.2 Å². The van der Waals surface area contributed by atoms with E-state index in [0.717, 1.165) is 12.2 Å². The van der Waals surface area contributed by atoms with Crippen molar-refractivity contribution in [2.75, 3.05) is 32.6 Å². The molecule has 29 heavy (non-hydrogen) atoms. The van der Waals surface area contributed by atoms with Crippen LogP contribution in [0.1, 0.15) is 17.3 Å². The van der Waals surface area contributed by atoms with E-state index in [9.17, 15) is 4.79 Å². The number of nitrogens with zero attached hydrogens (tertiary/aromatic N) is 4. The first-order chi connectivity index (χ1) is 14.0. The van der Waals surface area contributed by atoms with Crippen LogP contribution in [0.4, 0.5) is 10.5 Å². The quantitative estimate of drug-likeness (QED) is 0.712. The Labute approximate surface area is 167 Å². The van der Waals surface area contributed by atoms with Crippen LogP contribution in [0.25, 0.3) is 0 Å². The fraction of sp³-hybridized carbons (Fsp3) is 0.474. The molecule has 152 valence electrons. The number of amides is 1. The van der Waals surface area contributed by atoms with Crippen LogP contribution in [-0.2, 0) is 20.8 Å². The number of carbonyl (C=O) groups excluding carboxylic acids is 1. The van der Waals surface area contributed by atoms with Gasteiger partial charge in [-0.2, -0.15) is 5.26 Å². The predicted molar refractivity (Wildman–Crippen MR) is 100 cm³/mol. The van der Waals surface area contributed by atoms with E-state index in [1.165, 1.54) is 4.90 Å². The lowest BCUT2D eigenvalue weighted by molar-refractivity contribution is -0.873. The van der Waals surface area contributed by atoms with Crippen LogP contribution in [0.3, 0.4) is 0 Å². The molecule has 1 aromatic heterocycles. The summed E-state index contributed by atoms with van der Waals surface area (Å²) < 4.78 is 19.0. The number of hydrogen-bond donors (Lipinski definition) is 2. The first-order valence-corrected chi connectivity index (χ1v) is 9.44. The Balaban J connectivity index is 1.36. The van der Waals surface area contributed by atoms with E-state index in [1.54, 1.807) is 28.9 Å². The summed E-state index contributed by atoms with van der Waals surface area (Å²) in [6.45, 7) is 1.45. The van der Waals surface area contributed by atoms with Gasteiger partial charge in [0.15, 0.2) is 6.10 Å². The van der Waals surface area contributed by atoms with Crippen LogP contribution in [-0.4, -0.2) is 66.7 Å². The van der Waals surface area contributed by atoms with Crippen LogP contribution < -0.4 is 10.2 Å². The average Bonchev–Trinajstić information content (AvgIpc) is 3.39. The van der Waals surface area contributed by atoms with E-state index in [0.29, 0.717) is 17.9 Å². The minimum atomic E-state index is -0.613. The van der Waals surface area contributed by atoms with Crippen molar-refractivity contribution in [3.63, 3.8) is 0 Å². The molecule has 2 N–H and O–H groups in total. The van der Waals surface area contributed by atoms with Crippen molar-refractivity contribution in [1.82, 2.24) is 15.0 Å². The van der Waals surface area contributed by atoms with Gasteiger partial charge in [0, 0.05) is 5.69 Å². The predicted octanol–water partition coefficient (Wildman–Crippen LogP) is -0.250. The number of quaternary nitrogens is 1. The Morgan fingerprint density at radius 3 is 3.00 bits per heavy atom. The highest BCUT2D eigenvalue weighted by Gasteiger charge is 2.50. The van der Waals surface area contributed by atoms with Gasteiger partial charge in [0.25, 0.3) is 0 Å². The van der Waals surface area contributed by atoms with Crippen molar-refractivity contribution in [2.45, 2.75) is 30.9 Å². The number of nitrogens with one attached hydrogen (secondary N) is 2. The second kappa shape index (κ2) is 8.16. The van der Waals surface area contributed by atoms with Crippen LogP contribution in [0, 0.1) is 11.3 Å². The largest absolute Gasteiger partial charge is 0.441 e. The number of nitriles is 1. The number of rotatable bonds is 5. The Morgan fingerprint density at radius 2 is 2.21 bits per heavy atom. The van der Waals surface area contributed by atoms with Gasteiger partial charge in [-0.05, 0) is 18.2 Å². The minimum Gasteiger partial charge on any atom is -0.441 e. The zero-order chi connectivity index (χ0) is 20.4.